The van der Waals surface area contributed by atoms with Gasteiger partial charge < -0.3 is 0 Å². The van der Waals surface area contributed by atoms with Gasteiger partial charge in [0, 0.05) is 29.2 Å². The summed E-state index contributed by atoms with van der Waals surface area (Å²) in [6.45, 7) is 0. The van der Waals surface area contributed by atoms with Crippen LogP contribution in [-0.2, 0) is 17.4 Å². The molecule has 0 spiro atoms. The minimum Gasteiger partial charge on any atom is -0.121 e. The van der Waals surface area contributed by atoms with Crippen LogP contribution in [0.3, 0.4) is 0 Å². The zero-order valence-corrected chi connectivity index (χ0v) is 9.17. The van der Waals surface area contributed by atoms with Crippen LogP contribution in [0.2, 0.25) is 0 Å². The summed E-state index contributed by atoms with van der Waals surface area (Å²) >= 11 is 6.29. The number of hydrogen-bond donors (Lipinski definition) is 0. The van der Waals surface area contributed by atoms with Crippen molar-refractivity contribution < 1.29 is 17.4 Å². The molecular formula is C11H11ClCr. The molecule has 0 aromatic rings. The molecule has 0 nitrogen and oxygen atoms in total. The van der Waals surface area contributed by atoms with Gasteiger partial charge in [-0.05, 0) is 0 Å². The van der Waals surface area contributed by atoms with E-state index >= 15 is 0 Å². The SMILES string of the molecule is ClC(C1C=CC=C1)C1C=CC=C1.[Cr]. The van der Waals surface area contributed by atoms with Gasteiger partial charge in [0.25, 0.3) is 0 Å². The largest absolute Gasteiger partial charge is 0.121 e. The van der Waals surface area contributed by atoms with E-state index in [0.29, 0.717) is 11.8 Å². The summed E-state index contributed by atoms with van der Waals surface area (Å²) < 4.78 is 0. The molecule has 0 fully saturated rings. The maximum atomic E-state index is 6.29. The normalized spacial score (nSPS) is 20.5. The van der Waals surface area contributed by atoms with Gasteiger partial charge in [0.15, 0.2) is 0 Å². The van der Waals surface area contributed by atoms with Crippen LogP contribution in [-0.4, -0.2) is 5.38 Å². The Morgan fingerprint density at radius 1 is 0.769 bits per heavy atom. The molecule has 0 bridgehead atoms. The Hall–Kier alpha value is -0.218. The monoisotopic (exact) mass is 230 g/mol. The summed E-state index contributed by atoms with van der Waals surface area (Å²) in [5, 5.41) is 0.176. The number of hydrogen-bond acceptors (Lipinski definition) is 0. The number of halogens is 1. The molecule has 2 aliphatic rings. The first-order valence-electron chi connectivity index (χ1n) is 4.22. The summed E-state index contributed by atoms with van der Waals surface area (Å²) in [5.74, 6) is 0.813. The van der Waals surface area contributed by atoms with E-state index in [1.54, 1.807) is 0 Å². The predicted molar refractivity (Wildman–Crippen MR) is 53.2 cm³/mol. The summed E-state index contributed by atoms with van der Waals surface area (Å²) in [5.41, 5.74) is 0. The molecule has 68 valence electrons. The molecule has 0 heterocycles. The minimum absolute atomic E-state index is 0. The maximum absolute atomic E-state index is 6.29. The Morgan fingerprint density at radius 3 is 1.38 bits per heavy atom. The minimum atomic E-state index is 0. The van der Waals surface area contributed by atoms with Crippen molar-refractivity contribution in [3.63, 3.8) is 0 Å². The Balaban J connectivity index is 0.000000845. The van der Waals surface area contributed by atoms with Crippen LogP contribution >= 0.6 is 11.6 Å². The molecule has 0 atom stereocenters. The number of alkyl halides is 1. The van der Waals surface area contributed by atoms with Crippen LogP contribution in [0, 0.1) is 11.8 Å². The smallest absolute Gasteiger partial charge is 0.0530 e. The fraction of sp³-hybridized carbons (Fsp3) is 0.273. The van der Waals surface area contributed by atoms with E-state index in [-0.39, 0.29) is 22.7 Å². The standard InChI is InChI=1S/C11H11Cl.Cr/c12-11(9-5-1-2-6-9)10-7-3-4-8-10;/h1-11H;. The molecule has 13 heavy (non-hydrogen) atoms. The average Bonchev–Trinajstić information content (AvgIpc) is 2.77. The van der Waals surface area contributed by atoms with Crippen LogP contribution in [0.1, 0.15) is 0 Å². The molecule has 0 aromatic carbocycles. The van der Waals surface area contributed by atoms with Gasteiger partial charge in [-0.3, -0.25) is 0 Å². The Labute approximate surface area is 94.8 Å². The van der Waals surface area contributed by atoms with Gasteiger partial charge in [0.1, 0.15) is 0 Å². The number of rotatable bonds is 2. The molecule has 0 radical (unpaired) electrons. The zero-order valence-electron chi connectivity index (χ0n) is 7.14. The van der Waals surface area contributed by atoms with E-state index in [1.807, 2.05) is 0 Å². The third-order valence-electron chi connectivity index (χ3n) is 2.29. The predicted octanol–water partition coefficient (Wildman–Crippen LogP) is 3.08. The Kier molecular flexibility index (Phi) is 4.06. The van der Waals surface area contributed by atoms with E-state index in [2.05, 4.69) is 48.6 Å². The Morgan fingerprint density at radius 2 is 1.08 bits per heavy atom. The molecule has 0 N–H and O–H groups in total. The van der Waals surface area contributed by atoms with Gasteiger partial charge in [0.2, 0.25) is 0 Å². The first kappa shape index (κ1) is 10.9. The Bertz CT molecular complexity index is 224. The van der Waals surface area contributed by atoms with Crippen molar-refractivity contribution in [2.24, 2.45) is 11.8 Å². The molecule has 2 rings (SSSR count). The van der Waals surface area contributed by atoms with Crippen molar-refractivity contribution in [3.05, 3.63) is 48.6 Å². The van der Waals surface area contributed by atoms with Crippen molar-refractivity contribution in [3.8, 4) is 0 Å². The first-order chi connectivity index (χ1) is 5.88. The van der Waals surface area contributed by atoms with Gasteiger partial charge in [-0.2, -0.15) is 0 Å². The third-order valence-corrected chi connectivity index (χ3v) is 2.87. The molecule has 0 saturated carbocycles. The molecule has 0 aromatic heterocycles. The second-order valence-corrected chi connectivity index (χ2v) is 3.64. The summed E-state index contributed by atoms with van der Waals surface area (Å²) in [6.07, 6.45) is 16.8. The van der Waals surface area contributed by atoms with Crippen LogP contribution in [0.5, 0.6) is 0 Å². The first-order valence-corrected chi connectivity index (χ1v) is 4.65. The fourth-order valence-corrected chi connectivity index (χ4v) is 1.92. The summed E-state index contributed by atoms with van der Waals surface area (Å²) in [6, 6.07) is 0. The van der Waals surface area contributed by atoms with Crippen LogP contribution < -0.4 is 0 Å². The quantitative estimate of drug-likeness (QED) is 0.640. The molecule has 2 heteroatoms. The van der Waals surface area contributed by atoms with Gasteiger partial charge in [-0.1, -0.05) is 48.6 Å². The molecule has 0 saturated heterocycles. The second kappa shape index (κ2) is 4.86. The average molecular weight is 231 g/mol. The second-order valence-electron chi connectivity index (χ2n) is 3.14. The molecule has 2 aliphatic carbocycles. The van der Waals surface area contributed by atoms with Gasteiger partial charge in [-0.15, -0.1) is 11.6 Å². The van der Waals surface area contributed by atoms with Crippen molar-refractivity contribution in [2.45, 2.75) is 5.38 Å². The van der Waals surface area contributed by atoms with E-state index in [9.17, 15) is 0 Å². The number of allylic oxidation sites excluding steroid dienone is 8. The molecular weight excluding hydrogens is 220 g/mol. The van der Waals surface area contributed by atoms with E-state index < -0.39 is 0 Å². The third kappa shape index (κ3) is 2.38. The van der Waals surface area contributed by atoms with E-state index in [4.69, 9.17) is 11.6 Å². The van der Waals surface area contributed by atoms with Crippen LogP contribution in [0.15, 0.2) is 48.6 Å². The van der Waals surface area contributed by atoms with Crippen molar-refractivity contribution in [1.82, 2.24) is 0 Å². The topological polar surface area (TPSA) is 0 Å². The van der Waals surface area contributed by atoms with Gasteiger partial charge in [0.05, 0.1) is 5.38 Å². The van der Waals surface area contributed by atoms with E-state index in [0.717, 1.165) is 0 Å². The van der Waals surface area contributed by atoms with Crippen LogP contribution in [0.4, 0.5) is 0 Å². The van der Waals surface area contributed by atoms with E-state index in [1.165, 1.54) is 0 Å². The van der Waals surface area contributed by atoms with Crippen molar-refractivity contribution in [2.75, 3.05) is 0 Å². The zero-order chi connectivity index (χ0) is 8.39. The van der Waals surface area contributed by atoms with Gasteiger partial charge in [-0.25, -0.2) is 0 Å². The van der Waals surface area contributed by atoms with Crippen molar-refractivity contribution >= 4 is 11.6 Å². The summed E-state index contributed by atoms with van der Waals surface area (Å²) in [7, 11) is 0. The molecule has 0 unspecified atom stereocenters. The fourth-order valence-electron chi connectivity index (χ4n) is 1.58. The van der Waals surface area contributed by atoms with Crippen molar-refractivity contribution in [1.29, 1.82) is 0 Å². The van der Waals surface area contributed by atoms with Gasteiger partial charge >= 0.3 is 0 Å². The molecule has 0 aliphatic heterocycles. The molecule has 0 amide bonds. The van der Waals surface area contributed by atoms with Crippen LogP contribution in [0.25, 0.3) is 0 Å². The maximum Gasteiger partial charge on any atom is 0.0530 e. The summed E-state index contributed by atoms with van der Waals surface area (Å²) in [4.78, 5) is 0.